The molecule has 2 amide bonds. The molecule has 6 heteroatoms. The molecule has 3 aromatic carbocycles. The van der Waals surface area contributed by atoms with Crippen LogP contribution < -0.4 is 4.90 Å². The average molecular weight is 379 g/mol. The van der Waals surface area contributed by atoms with E-state index in [9.17, 15) is 9.59 Å². The lowest BCUT2D eigenvalue weighted by Gasteiger charge is -2.25. The Hall–Kier alpha value is -2.76. The third-order valence-electron chi connectivity index (χ3n) is 4.58. The van der Waals surface area contributed by atoms with Gasteiger partial charge in [-0.1, -0.05) is 41.1 Å². The fourth-order valence-corrected chi connectivity index (χ4v) is 4.63. The molecule has 1 aliphatic rings. The molecule has 0 atom stereocenters. The average Bonchev–Trinajstić information content (AvgIpc) is 3.03. The molecular formula is C20H11ClN2O2S. The van der Waals surface area contributed by atoms with Crippen LogP contribution in [0.2, 0.25) is 5.02 Å². The summed E-state index contributed by atoms with van der Waals surface area (Å²) in [5.74, 6) is -0.739. The molecule has 126 valence electrons. The number of anilines is 1. The van der Waals surface area contributed by atoms with Crippen molar-refractivity contribution >= 4 is 60.9 Å². The number of hydrogen-bond donors (Lipinski definition) is 0. The number of hydrogen-bond acceptors (Lipinski definition) is 4. The fourth-order valence-electron chi connectivity index (χ4n) is 3.35. The highest BCUT2D eigenvalue weighted by Gasteiger charge is 2.36. The van der Waals surface area contributed by atoms with Gasteiger partial charge in [0.05, 0.1) is 10.2 Å². The molecule has 0 N–H and O–H groups in total. The molecule has 1 aromatic heterocycles. The van der Waals surface area contributed by atoms with Gasteiger partial charge in [-0.25, -0.2) is 9.88 Å². The summed E-state index contributed by atoms with van der Waals surface area (Å²) in [4.78, 5) is 31.9. The van der Waals surface area contributed by atoms with Crippen molar-refractivity contribution in [3.8, 4) is 0 Å². The molecule has 26 heavy (non-hydrogen) atoms. The number of aromatic nitrogens is 1. The molecule has 1 aliphatic heterocycles. The molecule has 4 aromatic rings. The normalized spacial score (nSPS) is 13.8. The molecule has 4 nitrogen and oxygen atoms in total. The molecule has 0 fully saturated rings. The molecule has 0 unspecified atom stereocenters. The predicted octanol–water partition coefficient (Wildman–Crippen LogP) is 5.21. The van der Waals surface area contributed by atoms with Gasteiger partial charge in [0.25, 0.3) is 11.8 Å². The Morgan fingerprint density at radius 2 is 1.77 bits per heavy atom. The second-order valence-corrected chi connectivity index (χ2v) is 7.65. The number of rotatable bonds is 1. The predicted molar refractivity (Wildman–Crippen MR) is 104 cm³/mol. The lowest BCUT2D eigenvalue weighted by atomic mass is 9.94. The standard InChI is InChI=1S/C20H11ClN2O2S/c1-10-5-8-15-16(9-10)26-20(22-15)23-18(24)12-4-2-3-11-14(21)7-6-13(17(11)12)19(23)25/h2-9H,1H3. The van der Waals surface area contributed by atoms with Crippen LogP contribution >= 0.6 is 22.9 Å². The number of carbonyl (C=O) groups is 2. The minimum absolute atomic E-state index is 0.369. The van der Waals surface area contributed by atoms with E-state index in [-0.39, 0.29) is 11.8 Å². The molecule has 2 heterocycles. The Labute approximate surface area is 157 Å². The number of nitrogens with zero attached hydrogens (tertiary/aromatic N) is 2. The number of halogens is 1. The number of amides is 2. The zero-order valence-corrected chi connectivity index (χ0v) is 15.2. The third-order valence-corrected chi connectivity index (χ3v) is 5.91. The lowest BCUT2D eigenvalue weighted by Crippen LogP contribution is -2.40. The van der Waals surface area contributed by atoms with E-state index >= 15 is 0 Å². The molecule has 0 bridgehead atoms. The van der Waals surface area contributed by atoms with Crippen LogP contribution in [0.25, 0.3) is 21.0 Å². The van der Waals surface area contributed by atoms with Gasteiger partial charge in [0.15, 0.2) is 0 Å². The summed E-state index contributed by atoms with van der Waals surface area (Å²) in [6.07, 6.45) is 0. The van der Waals surface area contributed by atoms with Crippen molar-refractivity contribution in [2.45, 2.75) is 6.92 Å². The molecule has 0 saturated heterocycles. The minimum Gasteiger partial charge on any atom is -0.268 e. The van der Waals surface area contributed by atoms with Crippen molar-refractivity contribution in [2.24, 2.45) is 0 Å². The molecule has 0 saturated carbocycles. The highest BCUT2D eigenvalue weighted by atomic mass is 35.5. The van der Waals surface area contributed by atoms with Crippen LogP contribution in [0.3, 0.4) is 0 Å². The van der Waals surface area contributed by atoms with Crippen LogP contribution in [0, 0.1) is 6.92 Å². The van der Waals surface area contributed by atoms with Crippen LogP contribution in [-0.4, -0.2) is 16.8 Å². The third kappa shape index (κ3) is 2.04. The van der Waals surface area contributed by atoms with E-state index in [0.29, 0.717) is 32.1 Å². The topological polar surface area (TPSA) is 50.3 Å². The number of imide groups is 1. The summed E-state index contributed by atoms with van der Waals surface area (Å²) in [5.41, 5.74) is 2.81. The maximum atomic E-state index is 13.1. The van der Waals surface area contributed by atoms with Crippen LogP contribution in [0.4, 0.5) is 5.13 Å². The number of carbonyl (C=O) groups excluding carboxylic acids is 2. The zero-order chi connectivity index (χ0) is 18.0. The Morgan fingerprint density at radius 3 is 2.58 bits per heavy atom. The van der Waals surface area contributed by atoms with Crippen molar-refractivity contribution in [3.05, 3.63) is 70.2 Å². The highest BCUT2D eigenvalue weighted by molar-refractivity contribution is 7.22. The number of thiazole rings is 1. The first-order valence-electron chi connectivity index (χ1n) is 8.02. The zero-order valence-electron chi connectivity index (χ0n) is 13.6. The lowest BCUT2D eigenvalue weighted by molar-refractivity contribution is 0.0893. The summed E-state index contributed by atoms with van der Waals surface area (Å²) >= 11 is 7.59. The van der Waals surface area contributed by atoms with E-state index in [1.807, 2.05) is 31.2 Å². The molecule has 0 aliphatic carbocycles. The van der Waals surface area contributed by atoms with Crippen molar-refractivity contribution in [1.82, 2.24) is 4.98 Å². The van der Waals surface area contributed by atoms with E-state index in [1.165, 1.54) is 16.2 Å². The first-order valence-corrected chi connectivity index (χ1v) is 9.21. The summed E-state index contributed by atoms with van der Waals surface area (Å²) in [5, 5.41) is 2.24. The largest absolute Gasteiger partial charge is 0.268 e. The molecule has 0 radical (unpaired) electrons. The second-order valence-electron chi connectivity index (χ2n) is 6.24. The van der Waals surface area contributed by atoms with Crippen molar-refractivity contribution in [1.29, 1.82) is 0 Å². The maximum absolute atomic E-state index is 13.1. The number of aryl methyl sites for hydroxylation is 1. The van der Waals surface area contributed by atoms with Gasteiger partial charge in [-0.2, -0.15) is 0 Å². The summed E-state index contributed by atoms with van der Waals surface area (Å²) < 4.78 is 0.945. The molecular weight excluding hydrogens is 368 g/mol. The van der Waals surface area contributed by atoms with Gasteiger partial charge in [-0.3, -0.25) is 9.59 Å². The van der Waals surface area contributed by atoms with Crippen LogP contribution in [-0.2, 0) is 0 Å². The smallest absolute Gasteiger partial charge is 0.267 e. The van der Waals surface area contributed by atoms with Crippen molar-refractivity contribution in [2.75, 3.05) is 4.90 Å². The Morgan fingerprint density at radius 1 is 1.00 bits per heavy atom. The van der Waals surface area contributed by atoms with Gasteiger partial charge in [0, 0.05) is 26.9 Å². The first-order chi connectivity index (χ1) is 12.5. The van der Waals surface area contributed by atoms with E-state index in [2.05, 4.69) is 4.98 Å². The first kappa shape index (κ1) is 15.5. The van der Waals surface area contributed by atoms with Crippen molar-refractivity contribution < 1.29 is 9.59 Å². The van der Waals surface area contributed by atoms with Crippen molar-refractivity contribution in [3.63, 3.8) is 0 Å². The minimum atomic E-state index is -0.369. The number of fused-ring (bicyclic) bond motifs is 1. The van der Waals surface area contributed by atoms with Crippen LogP contribution in [0.5, 0.6) is 0 Å². The summed E-state index contributed by atoms with van der Waals surface area (Å²) in [6.45, 7) is 2.00. The Kier molecular flexibility index (Phi) is 3.20. The van der Waals surface area contributed by atoms with E-state index < -0.39 is 0 Å². The van der Waals surface area contributed by atoms with Crippen LogP contribution in [0.1, 0.15) is 26.3 Å². The van der Waals surface area contributed by atoms with E-state index in [4.69, 9.17) is 11.6 Å². The number of benzene rings is 3. The Balaban J connectivity index is 1.75. The molecule has 0 spiro atoms. The van der Waals surface area contributed by atoms with Gasteiger partial charge in [0.1, 0.15) is 0 Å². The Bertz CT molecular complexity index is 1240. The van der Waals surface area contributed by atoms with Gasteiger partial charge < -0.3 is 0 Å². The van der Waals surface area contributed by atoms with Gasteiger partial charge in [0.2, 0.25) is 5.13 Å². The van der Waals surface area contributed by atoms with Gasteiger partial charge in [-0.05, 0) is 42.8 Å². The molecule has 5 rings (SSSR count). The summed E-state index contributed by atoms with van der Waals surface area (Å²) in [6, 6.07) is 14.6. The van der Waals surface area contributed by atoms with Gasteiger partial charge >= 0.3 is 0 Å². The van der Waals surface area contributed by atoms with E-state index in [0.717, 1.165) is 15.8 Å². The fraction of sp³-hybridized carbons (Fsp3) is 0.0500. The van der Waals surface area contributed by atoms with Crippen LogP contribution in [0.15, 0.2) is 48.5 Å². The maximum Gasteiger partial charge on any atom is 0.267 e. The SMILES string of the molecule is Cc1ccc2nc(N3C(=O)c4cccc5c(Cl)ccc(c45)C3=O)sc2c1. The highest BCUT2D eigenvalue weighted by Crippen LogP contribution is 2.38. The summed E-state index contributed by atoms with van der Waals surface area (Å²) in [7, 11) is 0. The monoisotopic (exact) mass is 378 g/mol. The quantitative estimate of drug-likeness (QED) is 0.427. The van der Waals surface area contributed by atoms with Gasteiger partial charge in [-0.15, -0.1) is 0 Å². The van der Waals surface area contributed by atoms with E-state index in [1.54, 1.807) is 24.3 Å². The second kappa shape index (κ2) is 5.37.